The topological polar surface area (TPSA) is 49.6 Å². The molecule has 1 saturated heterocycles. The van der Waals surface area contributed by atoms with E-state index in [1.165, 1.54) is 0 Å². The van der Waals surface area contributed by atoms with E-state index in [1.807, 2.05) is 16.8 Å². The number of carbonyl (C=O) groups is 1. The van der Waals surface area contributed by atoms with Crippen molar-refractivity contribution in [1.29, 1.82) is 0 Å². The minimum absolute atomic E-state index is 0.164. The lowest BCUT2D eigenvalue weighted by atomic mass is 10.1. The Labute approximate surface area is 86.0 Å². The molecule has 0 bridgehead atoms. The van der Waals surface area contributed by atoms with Crippen LogP contribution in [-0.4, -0.2) is 48.6 Å². The molecule has 4 heteroatoms. The molecular weight excluding hydrogens is 178 g/mol. The Morgan fingerprint density at radius 2 is 2.29 bits per heavy atom. The van der Waals surface area contributed by atoms with Crippen LogP contribution in [-0.2, 0) is 0 Å². The third-order valence-corrected chi connectivity index (χ3v) is 2.81. The van der Waals surface area contributed by atoms with E-state index in [2.05, 4.69) is 6.92 Å². The van der Waals surface area contributed by atoms with E-state index in [-0.39, 0.29) is 6.03 Å². The van der Waals surface area contributed by atoms with Crippen LogP contribution in [0.25, 0.3) is 0 Å². The number of carbonyl (C=O) groups excluding carboxylic acids is 1. The molecule has 1 aliphatic heterocycles. The fraction of sp³-hybridized carbons (Fsp3) is 0.900. The van der Waals surface area contributed by atoms with Crippen molar-refractivity contribution in [3.05, 3.63) is 0 Å². The predicted molar refractivity (Wildman–Crippen MR) is 57.1 cm³/mol. The molecule has 0 aromatic carbocycles. The molecule has 14 heavy (non-hydrogen) atoms. The van der Waals surface area contributed by atoms with Gasteiger partial charge in [-0.2, -0.15) is 0 Å². The Kier molecular flexibility index (Phi) is 4.20. The first kappa shape index (κ1) is 11.3. The quantitative estimate of drug-likeness (QED) is 0.714. The van der Waals surface area contributed by atoms with Gasteiger partial charge in [-0.15, -0.1) is 0 Å². The molecule has 0 aliphatic carbocycles. The van der Waals surface area contributed by atoms with Gasteiger partial charge in [-0.05, 0) is 19.4 Å². The highest BCUT2D eigenvalue weighted by molar-refractivity contribution is 5.76. The average molecular weight is 199 g/mol. The number of nitrogens with two attached hydrogens (primary N) is 1. The highest BCUT2D eigenvalue weighted by Crippen LogP contribution is 2.17. The standard InChI is InChI=1S/C10H21N3O/c1-3-5-9-8-13(7-4-6-11)10(14)12(9)2/h9H,3-8,11H2,1-2H3. The number of hydrogen-bond acceptors (Lipinski definition) is 2. The summed E-state index contributed by atoms with van der Waals surface area (Å²) in [5.41, 5.74) is 5.43. The van der Waals surface area contributed by atoms with Gasteiger partial charge in [-0.25, -0.2) is 4.79 Å². The molecule has 1 atom stereocenters. The maximum Gasteiger partial charge on any atom is 0.320 e. The van der Waals surface area contributed by atoms with Gasteiger partial charge < -0.3 is 15.5 Å². The highest BCUT2D eigenvalue weighted by Gasteiger charge is 2.32. The fourth-order valence-electron chi connectivity index (χ4n) is 1.92. The van der Waals surface area contributed by atoms with Gasteiger partial charge in [0.15, 0.2) is 0 Å². The van der Waals surface area contributed by atoms with E-state index in [9.17, 15) is 4.79 Å². The predicted octanol–water partition coefficient (Wildman–Crippen LogP) is 0.871. The van der Waals surface area contributed by atoms with Crippen LogP contribution in [0.3, 0.4) is 0 Å². The zero-order valence-electron chi connectivity index (χ0n) is 9.20. The SMILES string of the molecule is CCCC1CN(CCCN)C(=O)N1C. The normalized spacial score (nSPS) is 22.2. The van der Waals surface area contributed by atoms with Crippen molar-refractivity contribution in [2.75, 3.05) is 26.7 Å². The summed E-state index contributed by atoms with van der Waals surface area (Å²) in [4.78, 5) is 15.5. The fourth-order valence-corrected chi connectivity index (χ4v) is 1.92. The molecule has 0 radical (unpaired) electrons. The molecule has 0 spiro atoms. The van der Waals surface area contributed by atoms with Gasteiger partial charge in [0.2, 0.25) is 0 Å². The van der Waals surface area contributed by atoms with E-state index >= 15 is 0 Å². The summed E-state index contributed by atoms with van der Waals surface area (Å²) in [6.07, 6.45) is 3.13. The van der Waals surface area contributed by atoms with Crippen molar-refractivity contribution < 1.29 is 4.79 Å². The molecule has 1 heterocycles. The Balaban J connectivity index is 2.44. The number of nitrogens with zero attached hydrogens (tertiary/aromatic N) is 2. The van der Waals surface area contributed by atoms with Gasteiger partial charge in [0.05, 0.1) is 6.04 Å². The Hall–Kier alpha value is -0.770. The average Bonchev–Trinajstić information content (AvgIpc) is 2.44. The van der Waals surface area contributed by atoms with E-state index in [0.29, 0.717) is 12.6 Å². The second-order valence-corrected chi connectivity index (χ2v) is 3.92. The van der Waals surface area contributed by atoms with Crippen LogP contribution in [0.2, 0.25) is 0 Å². The summed E-state index contributed by atoms with van der Waals surface area (Å²) in [6.45, 7) is 4.50. The minimum atomic E-state index is 0.164. The van der Waals surface area contributed by atoms with Crippen molar-refractivity contribution in [2.24, 2.45) is 5.73 Å². The van der Waals surface area contributed by atoms with Gasteiger partial charge >= 0.3 is 6.03 Å². The Morgan fingerprint density at radius 3 is 2.86 bits per heavy atom. The van der Waals surface area contributed by atoms with Crippen LogP contribution in [0, 0.1) is 0 Å². The molecule has 4 nitrogen and oxygen atoms in total. The summed E-state index contributed by atoms with van der Waals surface area (Å²) in [7, 11) is 1.89. The molecule has 1 aliphatic rings. The van der Waals surface area contributed by atoms with E-state index in [0.717, 1.165) is 32.4 Å². The molecule has 0 aromatic rings. The summed E-state index contributed by atoms with van der Waals surface area (Å²) < 4.78 is 0. The largest absolute Gasteiger partial charge is 0.330 e. The number of amides is 2. The number of urea groups is 1. The second-order valence-electron chi connectivity index (χ2n) is 3.92. The molecule has 2 N–H and O–H groups in total. The number of rotatable bonds is 5. The van der Waals surface area contributed by atoms with Gasteiger partial charge in [0.25, 0.3) is 0 Å². The summed E-state index contributed by atoms with van der Waals surface area (Å²) >= 11 is 0. The van der Waals surface area contributed by atoms with Crippen LogP contribution in [0.5, 0.6) is 0 Å². The first-order valence-corrected chi connectivity index (χ1v) is 5.42. The lowest BCUT2D eigenvalue weighted by Gasteiger charge is -2.16. The smallest absolute Gasteiger partial charge is 0.320 e. The van der Waals surface area contributed by atoms with Gasteiger partial charge in [-0.1, -0.05) is 13.3 Å². The Bertz CT molecular complexity index is 196. The van der Waals surface area contributed by atoms with Crippen LogP contribution in [0.1, 0.15) is 26.2 Å². The number of likely N-dealkylation sites (N-methyl/N-ethyl adjacent to an activating group) is 1. The van der Waals surface area contributed by atoms with E-state index < -0.39 is 0 Å². The Morgan fingerprint density at radius 1 is 1.57 bits per heavy atom. The highest BCUT2D eigenvalue weighted by atomic mass is 16.2. The third kappa shape index (κ3) is 2.38. The van der Waals surface area contributed by atoms with E-state index in [1.54, 1.807) is 0 Å². The third-order valence-electron chi connectivity index (χ3n) is 2.81. The monoisotopic (exact) mass is 199 g/mol. The first-order valence-electron chi connectivity index (χ1n) is 5.42. The molecule has 1 rings (SSSR count). The van der Waals surface area contributed by atoms with Gasteiger partial charge in [-0.3, -0.25) is 0 Å². The van der Waals surface area contributed by atoms with Crippen molar-refractivity contribution in [3.63, 3.8) is 0 Å². The maximum absolute atomic E-state index is 11.7. The molecule has 1 unspecified atom stereocenters. The molecular formula is C10H21N3O. The lowest BCUT2D eigenvalue weighted by molar-refractivity contribution is 0.194. The molecule has 1 fully saturated rings. The van der Waals surface area contributed by atoms with Gasteiger partial charge in [0.1, 0.15) is 0 Å². The zero-order valence-corrected chi connectivity index (χ0v) is 9.20. The maximum atomic E-state index is 11.7. The van der Waals surface area contributed by atoms with Gasteiger partial charge in [0, 0.05) is 20.1 Å². The molecule has 0 aromatic heterocycles. The minimum Gasteiger partial charge on any atom is -0.330 e. The van der Waals surface area contributed by atoms with Crippen molar-refractivity contribution in [1.82, 2.24) is 9.80 Å². The van der Waals surface area contributed by atoms with Crippen molar-refractivity contribution in [3.8, 4) is 0 Å². The summed E-state index contributed by atoms with van der Waals surface area (Å²) in [5, 5.41) is 0. The molecule has 0 saturated carbocycles. The lowest BCUT2D eigenvalue weighted by Crippen LogP contribution is -2.32. The second kappa shape index (κ2) is 5.20. The number of hydrogen-bond donors (Lipinski definition) is 1. The van der Waals surface area contributed by atoms with Crippen LogP contribution in [0.15, 0.2) is 0 Å². The van der Waals surface area contributed by atoms with Crippen molar-refractivity contribution >= 4 is 6.03 Å². The van der Waals surface area contributed by atoms with E-state index in [4.69, 9.17) is 5.73 Å². The molecule has 82 valence electrons. The summed E-state index contributed by atoms with van der Waals surface area (Å²) in [5.74, 6) is 0. The molecule has 2 amide bonds. The summed E-state index contributed by atoms with van der Waals surface area (Å²) in [6, 6.07) is 0.571. The van der Waals surface area contributed by atoms with Crippen LogP contribution >= 0.6 is 0 Å². The van der Waals surface area contributed by atoms with Crippen LogP contribution in [0.4, 0.5) is 4.79 Å². The van der Waals surface area contributed by atoms with Crippen molar-refractivity contribution in [2.45, 2.75) is 32.2 Å². The first-order chi connectivity index (χ1) is 6.70. The zero-order chi connectivity index (χ0) is 10.6. The van der Waals surface area contributed by atoms with Crippen LogP contribution < -0.4 is 5.73 Å².